The maximum Gasteiger partial charge on any atom is -0.0162 e. The molecule has 0 heteroatoms. The molecule has 0 saturated heterocycles. The fourth-order valence-electron chi connectivity index (χ4n) is 3.72. The lowest BCUT2D eigenvalue weighted by molar-refractivity contribution is 0.488. The highest BCUT2D eigenvalue weighted by Gasteiger charge is 2.10. The van der Waals surface area contributed by atoms with Crippen LogP contribution in [0.15, 0.2) is 30.3 Å². The van der Waals surface area contributed by atoms with E-state index in [2.05, 4.69) is 44.2 Å². The Balaban J connectivity index is 2.17. The Hall–Kier alpha value is -0.780. The zero-order valence-corrected chi connectivity index (χ0v) is 16.6. The van der Waals surface area contributed by atoms with Gasteiger partial charge in [-0.1, -0.05) is 128 Å². The average Bonchev–Trinajstić information content (AvgIpc) is 2.63. The molecule has 0 N–H and O–H groups in total. The molecule has 1 aromatic rings. The summed E-state index contributed by atoms with van der Waals surface area (Å²) in [5.41, 5.74) is 1.58. The average molecular weight is 331 g/mol. The fraction of sp³-hybridized carbons (Fsp3) is 0.750. The predicted octanol–water partition coefficient (Wildman–Crippen LogP) is 8.66. The summed E-state index contributed by atoms with van der Waals surface area (Å²) in [6, 6.07) is 11.3. The van der Waals surface area contributed by atoms with Gasteiger partial charge in [0.05, 0.1) is 0 Å². The van der Waals surface area contributed by atoms with Crippen molar-refractivity contribution in [3.8, 4) is 0 Å². The van der Waals surface area contributed by atoms with Gasteiger partial charge in [-0.2, -0.15) is 0 Å². The highest BCUT2D eigenvalue weighted by atomic mass is 14.2. The Kier molecular flexibility index (Phi) is 13.9. The van der Waals surface area contributed by atoms with Gasteiger partial charge in [-0.3, -0.25) is 0 Å². The lowest BCUT2D eigenvalue weighted by atomic mass is 9.88. The molecular formula is C24H42. The van der Waals surface area contributed by atoms with E-state index in [4.69, 9.17) is 0 Å². The van der Waals surface area contributed by atoms with E-state index in [0.717, 1.165) is 5.92 Å². The molecule has 1 aromatic carbocycles. The molecule has 0 nitrogen and oxygen atoms in total. The maximum absolute atomic E-state index is 2.35. The molecular weight excluding hydrogens is 288 g/mol. The summed E-state index contributed by atoms with van der Waals surface area (Å²) >= 11 is 0. The zero-order chi connectivity index (χ0) is 17.3. The second-order valence-corrected chi connectivity index (χ2v) is 7.57. The summed E-state index contributed by atoms with van der Waals surface area (Å²) in [5, 5.41) is 0. The third-order valence-electron chi connectivity index (χ3n) is 5.33. The van der Waals surface area contributed by atoms with E-state index in [0.29, 0.717) is 0 Å². The summed E-state index contributed by atoms with van der Waals surface area (Å²) in [4.78, 5) is 0. The van der Waals surface area contributed by atoms with E-state index in [9.17, 15) is 0 Å². The Morgan fingerprint density at radius 1 is 0.542 bits per heavy atom. The fourth-order valence-corrected chi connectivity index (χ4v) is 3.72. The van der Waals surface area contributed by atoms with Crippen LogP contribution in [0, 0.1) is 0 Å². The first-order valence-corrected chi connectivity index (χ1v) is 10.9. The van der Waals surface area contributed by atoms with Gasteiger partial charge in [0.2, 0.25) is 0 Å². The van der Waals surface area contributed by atoms with Gasteiger partial charge in [-0.15, -0.1) is 0 Å². The molecule has 0 amide bonds. The third kappa shape index (κ3) is 10.9. The number of rotatable bonds is 16. The molecule has 0 spiro atoms. The highest BCUT2D eigenvalue weighted by molar-refractivity contribution is 5.19. The van der Waals surface area contributed by atoms with Crippen molar-refractivity contribution in [1.29, 1.82) is 0 Å². The van der Waals surface area contributed by atoms with Crippen molar-refractivity contribution in [2.24, 2.45) is 0 Å². The first-order chi connectivity index (χ1) is 11.9. The smallest absolute Gasteiger partial charge is 0.0162 e. The van der Waals surface area contributed by atoms with Gasteiger partial charge in [0.25, 0.3) is 0 Å². The Morgan fingerprint density at radius 2 is 0.958 bits per heavy atom. The highest BCUT2D eigenvalue weighted by Crippen LogP contribution is 2.28. The van der Waals surface area contributed by atoms with Gasteiger partial charge in [0, 0.05) is 0 Å². The molecule has 24 heavy (non-hydrogen) atoms. The number of hydrogen-bond donors (Lipinski definition) is 0. The Labute approximate surface area is 152 Å². The first-order valence-electron chi connectivity index (χ1n) is 10.9. The lowest BCUT2D eigenvalue weighted by Crippen LogP contribution is -1.99. The summed E-state index contributed by atoms with van der Waals surface area (Å²) in [7, 11) is 0. The molecule has 0 aromatic heterocycles. The molecule has 0 heterocycles. The minimum absolute atomic E-state index is 0.799. The largest absolute Gasteiger partial charge is 0.0654 e. The third-order valence-corrected chi connectivity index (χ3v) is 5.33. The minimum atomic E-state index is 0.799. The molecule has 1 unspecified atom stereocenters. The standard InChI is InChI=1S/C24H42/c1-3-5-7-9-10-11-12-13-16-20-23(19-15-8-6-4-2)24-21-17-14-18-22-24/h14,17-18,21-23H,3-13,15-16,19-20H2,1-2H3. The van der Waals surface area contributed by atoms with Crippen LogP contribution in [-0.4, -0.2) is 0 Å². The lowest BCUT2D eigenvalue weighted by Gasteiger charge is -2.17. The molecule has 0 bridgehead atoms. The monoisotopic (exact) mass is 330 g/mol. The van der Waals surface area contributed by atoms with Crippen molar-refractivity contribution < 1.29 is 0 Å². The van der Waals surface area contributed by atoms with Crippen LogP contribution in [0.3, 0.4) is 0 Å². The quantitative estimate of drug-likeness (QED) is 0.266. The van der Waals surface area contributed by atoms with Crippen molar-refractivity contribution in [2.45, 2.75) is 116 Å². The number of unbranched alkanes of at least 4 members (excludes halogenated alkanes) is 11. The van der Waals surface area contributed by atoms with Crippen molar-refractivity contribution in [3.63, 3.8) is 0 Å². The molecule has 0 aliphatic rings. The van der Waals surface area contributed by atoms with E-state index in [1.807, 2.05) is 0 Å². The summed E-state index contributed by atoms with van der Waals surface area (Å²) in [5.74, 6) is 0.799. The second kappa shape index (κ2) is 15.7. The van der Waals surface area contributed by atoms with Crippen LogP contribution in [0.2, 0.25) is 0 Å². The molecule has 0 radical (unpaired) electrons. The maximum atomic E-state index is 2.35. The minimum Gasteiger partial charge on any atom is -0.0654 e. The van der Waals surface area contributed by atoms with Gasteiger partial charge in [-0.25, -0.2) is 0 Å². The molecule has 1 atom stereocenters. The molecule has 0 aliphatic heterocycles. The predicted molar refractivity (Wildman–Crippen MR) is 110 cm³/mol. The van der Waals surface area contributed by atoms with E-state index in [-0.39, 0.29) is 0 Å². The van der Waals surface area contributed by atoms with Crippen LogP contribution < -0.4 is 0 Å². The molecule has 138 valence electrons. The second-order valence-electron chi connectivity index (χ2n) is 7.57. The molecule has 0 saturated carbocycles. The summed E-state index contributed by atoms with van der Waals surface area (Å²) < 4.78 is 0. The van der Waals surface area contributed by atoms with E-state index >= 15 is 0 Å². The summed E-state index contributed by atoms with van der Waals surface area (Å²) in [6.07, 6.45) is 21.3. The van der Waals surface area contributed by atoms with Crippen LogP contribution in [0.4, 0.5) is 0 Å². The van der Waals surface area contributed by atoms with Crippen LogP contribution in [0.5, 0.6) is 0 Å². The first kappa shape index (κ1) is 21.3. The zero-order valence-electron chi connectivity index (χ0n) is 16.6. The van der Waals surface area contributed by atoms with Gasteiger partial charge in [-0.05, 0) is 24.3 Å². The van der Waals surface area contributed by atoms with Crippen molar-refractivity contribution in [2.75, 3.05) is 0 Å². The number of hydrogen-bond acceptors (Lipinski definition) is 0. The Morgan fingerprint density at radius 3 is 1.46 bits per heavy atom. The van der Waals surface area contributed by atoms with Gasteiger partial charge >= 0.3 is 0 Å². The van der Waals surface area contributed by atoms with Gasteiger partial charge in [0.1, 0.15) is 0 Å². The summed E-state index contributed by atoms with van der Waals surface area (Å²) in [6.45, 7) is 4.60. The van der Waals surface area contributed by atoms with Crippen LogP contribution in [-0.2, 0) is 0 Å². The van der Waals surface area contributed by atoms with Crippen molar-refractivity contribution >= 4 is 0 Å². The molecule has 1 rings (SSSR count). The molecule has 0 aliphatic carbocycles. The van der Waals surface area contributed by atoms with Crippen molar-refractivity contribution in [3.05, 3.63) is 35.9 Å². The van der Waals surface area contributed by atoms with Crippen LogP contribution in [0.25, 0.3) is 0 Å². The van der Waals surface area contributed by atoms with E-state index < -0.39 is 0 Å². The van der Waals surface area contributed by atoms with Crippen LogP contribution in [0.1, 0.15) is 122 Å². The molecule has 0 fully saturated rings. The topological polar surface area (TPSA) is 0 Å². The van der Waals surface area contributed by atoms with Crippen molar-refractivity contribution in [1.82, 2.24) is 0 Å². The van der Waals surface area contributed by atoms with Gasteiger partial charge in [0.15, 0.2) is 0 Å². The number of benzene rings is 1. The van der Waals surface area contributed by atoms with Crippen LogP contribution >= 0.6 is 0 Å². The Bertz CT molecular complexity index is 354. The van der Waals surface area contributed by atoms with Gasteiger partial charge < -0.3 is 0 Å². The van der Waals surface area contributed by atoms with E-state index in [1.54, 1.807) is 5.56 Å². The SMILES string of the molecule is CCCCCCCCCCCC(CCCCCC)c1ccccc1. The van der Waals surface area contributed by atoms with E-state index in [1.165, 1.54) is 96.3 Å². The normalized spacial score (nSPS) is 12.4.